The second-order valence-electron chi connectivity index (χ2n) is 4.33. The normalized spacial score (nSPS) is 12.7. The van der Waals surface area contributed by atoms with E-state index in [0.29, 0.717) is 0 Å². The Labute approximate surface area is 108 Å². The summed E-state index contributed by atoms with van der Waals surface area (Å²) in [5, 5.41) is 3.46. The number of benzene rings is 1. The average Bonchev–Trinajstić information content (AvgIpc) is 2.34. The third-order valence-corrected chi connectivity index (χ3v) is 3.45. The minimum atomic E-state index is -0.335. The van der Waals surface area contributed by atoms with E-state index in [4.69, 9.17) is 11.6 Å². The predicted octanol–water partition coefficient (Wildman–Crippen LogP) is 4.71. The molecule has 1 rings (SSSR count). The fourth-order valence-electron chi connectivity index (χ4n) is 2.02. The molecule has 0 aromatic heterocycles. The van der Waals surface area contributed by atoms with Crippen molar-refractivity contribution in [3.8, 4) is 0 Å². The van der Waals surface area contributed by atoms with E-state index in [1.165, 1.54) is 25.3 Å². The van der Waals surface area contributed by atoms with Crippen LogP contribution in [0.3, 0.4) is 0 Å². The SMILES string of the molecule is CCCCCCC(NC)c1cccc(F)c1Cl. The van der Waals surface area contributed by atoms with Gasteiger partial charge in [-0.3, -0.25) is 0 Å². The summed E-state index contributed by atoms with van der Waals surface area (Å²) in [6.45, 7) is 2.19. The third-order valence-electron chi connectivity index (χ3n) is 3.05. The second-order valence-corrected chi connectivity index (χ2v) is 4.71. The maximum atomic E-state index is 13.4. The van der Waals surface area contributed by atoms with Gasteiger partial charge in [-0.15, -0.1) is 0 Å². The van der Waals surface area contributed by atoms with Crippen molar-refractivity contribution in [2.45, 2.75) is 45.1 Å². The molecule has 1 aromatic carbocycles. The zero-order valence-electron chi connectivity index (χ0n) is 10.6. The van der Waals surface area contributed by atoms with Crippen LogP contribution in [0.5, 0.6) is 0 Å². The first kappa shape index (κ1) is 14.5. The lowest BCUT2D eigenvalue weighted by Gasteiger charge is -2.18. The van der Waals surface area contributed by atoms with E-state index in [2.05, 4.69) is 12.2 Å². The van der Waals surface area contributed by atoms with Gasteiger partial charge in [0.15, 0.2) is 0 Å². The van der Waals surface area contributed by atoms with Gasteiger partial charge in [0.05, 0.1) is 5.02 Å². The molecule has 0 radical (unpaired) electrons. The van der Waals surface area contributed by atoms with Crippen LogP contribution in [0.4, 0.5) is 4.39 Å². The quantitative estimate of drug-likeness (QED) is 0.698. The molecule has 1 aromatic rings. The highest BCUT2D eigenvalue weighted by Crippen LogP contribution is 2.28. The maximum Gasteiger partial charge on any atom is 0.142 e. The first-order valence-corrected chi connectivity index (χ1v) is 6.69. The van der Waals surface area contributed by atoms with Gasteiger partial charge in [-0.1, -0.05) is 56.3 Å². The Balaban J connectivity index is 2.63. The summed E-state index contributed by atoms with van der Waals surface area (Å²) in [4.78, 5) is 0. The van der Waals surface area contributed by atoms with Crippen LogP contribution < -0.4 is 5.32 Å². The van der Waals surface area contributed by atoms with E-state index in [1.54, 1.807) is 6.07 Å². The fourth-order valence-corrected chi connectivity index (χ4v) is 2.28. The van der Waals surface area contributed by atoms with Gasteiger partial charge in [-0.05, 0) is 25.1 Å². The molecule has 0 aliphatic heterocycles. The van der Waals surface area contributed by atoms with Gasteiger partial charge in [-0.2, -0.15) is 0 Å². The summed E-state index contributed by atoms with van der Waals surface area (Å²) in [5.74, 6) is -0.335. The molecule has 0 saturated carbocycles. The highest BCUT2D eigenvalue weighted by Gasteiger charge is 2.14. The third kappa shape index (κ3) is 4.29. The zero-order valence-corrected chi connectivity index (χ0v) is 11.4. The molecule has 96 valence electrons. The molecule has 0 spiro atoms. The Hall–Kier alpha value is -0.600. The highest BCUT2D eigenvalue weighted by atomic mass is 35.5. The first-order valence-electron chi connectivity index (χ1n) is 6.31. The van der Waals surface area contributed by atoms with E-state index < -0.39 is 0 Å². The number of rotatable bonds is 7. The minimum absolute atomic E-state index is 0.148. The van der Waals surface area contributed by atoms with Crippen LogP contribution in [-0.2, 0) is 0 Å². The molecular weight excluding hydrogens is 237 g/mol. The summed E-state index contributed by atoms with van der Waals surface area (Å²) >= 11 is 5.99. The number of hydrogen-bond acceptors (Lipinski definition) is 1. The second kappa shape index (κ2) is 7.67. The average molecular weight is 258 g/mol. The van der Waals surface area contributed by atoms with Gasteiger partial charge in [0.1, 0.15) is 5.82 Å². The van der Waals surface area contributed by atoms with Crippen LogP contribution in [0.25, 0.3) is 0 Å². The highest BCUT2D eigenvalue weighted by molar-refractivity contribution is 6.31. The zero-order chi connectivity index (χ0) is 12.7. The van der Waals surface area contributed by atoms with Crippen molar-refractivity contribution in [2.75, 3.05) is 7.05 Å². The van der Waals surface area contributed by atoms with E-state index in [0.717, 1.165) is 18.4 Å². The van der Waals surface area contributed by atoms with Crippen molar-refractivity contribution in [3.63, 3.8) is 0 Å². The van der Waals surface area contributed by atoms with Gasteiger partial charge in [0.2, 0.25) is 0 Å². The topological polar surface area (TPSA) is 12.0 Å². The Bertz CT molecular complexity index is 341. The molecule has 1 atom stereocenters. The van der Waals surface area contributed by atoms with Crippen LogP contribution in [-0.4, -0.2) is 7.05 Å². The molecule has 0 fully saturated rings. The Morgan fingerprint density at radius 3 is 2.71 bits per heavy atom. The largest absolute Gasteiger partial charge is 0.313 e. The maximum absolute atomic E-state index is 13.4. The molecule has 0 saturated heterocycles. The van der Waals surface area contributed by atoms with Crippen LogP contribution in [0.15, 0.2) is 18.2 Å². The van der Waals surface area contributed by atoms with Crippen molar-refractivity contribution >= 4 is 11.6 Å². The Morgan fingerprint density at radius 2 is 2.06 bits per heavy atom. The monoisotopic (exact) mass is 257 g/mol. The minimum Gasteiger partial charge on any atom is -0.313 e. The summed E-state index contributed by atoms with van der Waals surface area (Å²) in [7, 11) is 1.89. The number of hydrogen-bond donors (Lipinski definition) is 1. The Morgan fingerprint density at radius 1 is 1.29 bits per heavy atom. The van der Waals surface area contributed by atoms with Crippen LogP contribution in [0.2, 0.25) is 5.02 Å². The lowest BCUT2D eigenvalue weighted by Crippen LogP contribution is -2.17. The van der Waals surface area contributed by atoms with Crippen molar-refractivity contribution in [3.05, 3.63) is 34.6 Å². The Kier molecular flexibility index (Phi) is 6.53. The number of halogens is 2. The number of unbranched alkanes of at least 4 members (excludes halogenated alkanes) is 3. The van der Waals surface area contributed by atoms with Crippen LogP contribution >= 0.6 is 11.6 Å². The van der Waals surface area contributed by atoms with E-state index in [-0.39, 0.29) is 16.9 Å². The molecule has 0 amide bonds. The molecule has 0 bridgehead atoms. The van der Waals surface area contributed by atoms with Crippen LogP contribution in [0.1, 0.15) is 50.6 Å². The van der Waals surface area contributed by atoms with Gasteiger partial charge >= 0.3 is 0 Å². The summed E-state index contributed by atoms with van der Waals surface area (Å²) in [6.07, 6.45) is 5.85. The smallest absolute Gasteiger partial charge is 0.142 e. The molecular formula is C14H21ClFN. The van der Waals surface area contributed by atoms with Crippen molar-refractivity contribution < 1.29 is 4.39 Å². The summed E-state index contributed by atoms with van der Waals surface area (Å²) in [6, 6.07) is 5.16. The number of nitrogens with one attached hydrogen (secondary N) is 1. The van der Waals surface area contributed by atoms with Crippen molar-refractivity contribution in [1.82, 2.24) is 5.32 Å². The van der Waals surface area contributed by atoms with Gasteiger partial charge in [-0.25, -0.2) is 4.39 Å². The molecule has 17 heavy (non-hydrogen) atoms. The molecule has 1 N–H and O–H groups in total. The predicted molar refractivity (Wildman–Crippen MR) is 72.0 cm³/mol. The summed E-state index contributed by atoms with van der Waals surface area (Å²) in [5.41, 5.74) is 0.866. The van der Waals surface area contributed by atoms with E-state index in [9.17, 15) is 4.39 Å². The van der Waals surface area contributed by atoms with E-state index >= 15 is 0 Å². The standard InChI is InChI=1S/C14H21ClFN/c1-3-4-5-6-10-13(17-2)11-8-7-9-12(16)14(11)15/h7-9,13,17H,3-6,10H2,1-2H3. The van der Waals surface area contributed by atoms with E-state index in [1.807, 2.05) is 13.1 Å². The molecule has 1 unspecified atom stereocenters. The van der Waals surface area contributed by atoms with Crippen molar-refractivity contribution in [2.24, 2.45) is 0 Å². The van der Waals surface area contributed by atoms with Crippen LogP contribution in [0, 0.1) is 5.82 Å². The van der Waals surface area contributed by atoms with Gasteiger partial charge in [0, 0.05) is 6.04 Å². The van der Waals surface area contributed by atoms with Gasteiger partial charge in [0.25, 0.3) is 0 Å². The summed E-state index contributed by atoms with van der Waals surface area (Å²) < 4.78 is 13.4. The molecule has 0 aliphatic carbocycles. The fraction of sp³-hybridized carbons (Fsp3) is 0.571. The van der Waals surface area contributed by atoms with Gasteiger partial charge < -0.3 is 5.32 Å². The molecule has 0 aliphatic rings. The first-order chi connectivity index (χ1) is 8.20. The lowest BCUT2D eigenvalue weighted by molar-refractivity contribution is 0.502. The molecule has 0 heterocycles. The molecule has 1 nitrogen and oxygen atoms in total. The molecule has 3 heteroatoms. The lowest BCUT2D eigenvalue weighted by atomic mass is 10.00. The van der Waals surface area contributed by atoms with Crippen molar-refractivity contribution in [1.29, 1.82) is 0 Å².